The second kappa shape index (κ2) is 8.78. The molecule has 1 saturated heterocycles. The van der Waals surface area contributed by atoms with Crippen LogP contribution in [0.4, 0.5) is 16.2 Å². The summed E-state index contributed by atoms with van der Waals surface area (Å²) in [7, 11) is 0. The summed E-state index contributed by atoms with van der Waals surface area (Å²) < 4.78 is 11.2. The Morgan fingerprint density at radius 2 is 1.71 bits per heavy atom. The molecule has 2 aromatic carbocycles. The average Bonchev–Trinajstić information content (AvgIpc) is 3.03. The third-order valence-corrected chi connectivity index (χ3v) is 5.89. The number of morpholine rings is 1. The number of nitrogens with zero attached hydrogens (tertiary/aromatic N) is 1. The molecule has 3 amide bonds. The Hall–Kier alpha value is -2.74. The number of carbonyl (C=O) groups is 2. The molecule has 4 rings (SSSR count). The molecule has 3 aromatic rings. The Bertz CT molecular complexity index is 1150. The van der Waals surface area contributed by atoms with Crippen molar-refractivity contribution in [2.45, 2.75) is 13.8 Å². The van der Waals surface area contributed by atoms with E-state index in [0.29, 0.717) is 43.3 Å². The van der Waals surface area contributed by atoms with E-state index in [1.165, 1.54) is 0 Å². The molecule has 0 atom stereocenters. The van der Waals surface area contributed by atoms with Crippen LogP contribution in [-0.4, -0.2) is 43.1 Å². The SMILES string of the molecule is Cc1oc2c(NC(=O)c3c(Cl)cccc3Cl)cc(NC(=O)N3CCOCC3)cc2c1C. The zero-order valence-electron chi connectivity index (χ0n) is 17.1. The van der Waals surface area contributed by atoms with Gasteiger partial charge in [-0.3, -0.25) is 4.79 Å². The van der Waals surface area contributed by atoms with Crippen LogP contribution in [0.3, 0.4) is 0 Å². The number of fused-ring (bicyclic) bond motifs is 1. The van der Waals surface area contributed by atoms with Crippen molar-refractivity contribution in [1.82, 2.24) is 4.90 Å². The molecule has 162 valence electrons. The van der Waals surface area contributed by atoms with Gasteiger partial charge in [0, 0.05) is 24.2 Å². The number of hydrogen-bond acceptors (Lipinski definition) is 4. The van der Waals surface area contributed by atoms with Crippen LogP contribution < -0.4 is 10.6 Å². The maximum absolute atomic E-state index is 12.9. The molecule has 2 N–H and O–H groups in total. The van der Waals surface area contributed by atoms with Crippen molar-refractivity contribution in [1.29, 1.82) is 0 Å². The van der Waals surface area contributed by atoms with Crippen molar-refractivity contribution in [3.63, 3.8) is 0 Å². The zero-order valence-corrected chi connectivity index (χ0v) is 18.6. The summed E-state index contributed by atoms with van der Waals surface area (Å²) in [5.41, 5.74) is 2.54. The normalized spacial score (nSPS) is 14.0. The lowest BCUT2D eigenvalue weighted by atomic mass is 10.1. The molecule has 1 aliphatic rings. The molecule has 0 bridgehead atoms. The van der Waals surface area contributed by atoms with Crippen LogP contribution in [0, 0.1) is 13.8 Å². The van der Waals surface area contributed by atoms with E-state index in [-0.39, 0.29) is 21.6 Å². The van der Waals surface area contributed by atoms with E-state index in [2.05, 4.69) is 10.6 Å². The maximum atomic E-state index is 12.9. The fourth-order valence-electron chi connectivity index (χ4n) is 3.47. The van der Waals surface area contributed by atoms with Crippen LogP contribution in [-0.2, 0) is 4.74 Å². The highest BCUT2D eigenvalue weighted by molar-refractivity contribution is 6.40. The fourth-order valence-corrected chi connectivity index (χ4v) is 4.04. The van der Waals surface area contributed by atoms with Crippen LogP contribution in [0.15, 0.2) is 34.7 Å². The van der Waals surface area contributed by atoms with Crippen molar-refractivity contribution < 1.29 is 18.7 Å². The van der Waals surface area contributed by atoms with E-state index in [0.717, 1.165) is 16.7 Å². The van der Waals surface area contributed by atoms with Gasteiger partial charge in [-0.2, -0.15) is 0 Å². The number of ether oxygens (including phenoxy) is 1. The second-order valence-corrected chi connectivity index (χ2v) is 8.08. The molecule has 1 fully saturated rings. The fraction of sp³-hybridized carbons (Fsp3) is 0.273. The van der Waals surface area contributed by atoms with Gasteiger partial charge in [0.2, 0.25) is 0 Å². The molecule has 7 nitrogen and oxygen atoms in total. The third kappa shape index (κ3) is 4.35. The van der Waals surface area contributed by atoms with Crippen molar-refractivity contribution in [2.24, 2.45) is 0 Å². The van der Waals surface area contributed by atoms with E-state index in [9.17, 15) is 9.59 Å². The molecular weight excluding hydrogens is 441 g/mol. The first-order valence-electron chi connectivity index (χ1n) is 9.78. The predicted molar refractivity (Wildman–Crippen MR) is 122 cm³/mol. The Labute approximate surface area is 189 Å². The molecule has 0 spiro atoms. The minimum absolute atomic E-state index is 0.168. The van der Waals surface area contributed by atoms with Crippen LogP contribution in [0.2, 0.25) is 10.0 Å². The summed E-state index contributed by atoms with van der Waals surface area (Å²) in [5.74, 6) is 0.248. The number of benzene rings is 2. The molecular formula is C22H21Cl2N3O4. The predicted octanol–water partition coefficient (Wildman–Crippen LogP) is 5.47. The van der Waals surface area contributed by atoms with Gasteiger partial charge in [0.15, 0.2) is 5.58 Å². The highest BCUT2D eigenvalue weighted by Gasteiger charge is 2.21. The first-order chi connectivity index (χ1) is 14.8. The highest BCUT2D eigenvalue weighted by atomic mass is 35.5. The second-order valence-electron chi connectivity index (χ2n) is 7.26. The number of nitrogens with one attached hydrogen (secondary N) is 2. The van der Waals surface area contributed by atoms with E-state index >= 15 is 0 Å². The quantitative estimate of drug-likeness (QED) is 0.541. The Balaban J connectivity index is 1.69. The molecule has 2 heterocycles. The smallest absolute Gasteiger partial charge is 0.322 e. The van der Waals surface area contributed by atoms with Crippen molar-refractivity contribution in [2.75, 3.05) is 36.9 Å². The molecule has 0 radical (unpaired) electrons. The number of hydrogen-bond donors (Lipinski definition) is 2. The van der Waals surface area contributed by atoms with Gasteiger partial charge >= 0.3 is 6.03 Å². The molecule has 0 aliphatic carbocycles. The van der Waals surface area contributed by atoms with Gasteiger partial charge in [-0.1, -0.05) is 29.3 Å². The third-order valence-electron chi connectivity index (χ3n) is 5.26. The van der Waals surface area contributed by atoms with Crippen LogP contribution >= 0.6 is 23.2 Å². The monoisotopic (exact) mass is 461 g/mol. The minimum atomic E-state index is -0.472. The number of furan rings is 1. The summed E-state index contributed by atoms with van der Waals surface area (Å²) in [5, 5.41) is 7.00. The van der Waals surface area contributed by atoms with E-state index in [1.807, 2.05) is 19.9 Å². The summed E-state index contributed by atoms with van der Waals surface area (Å²) in [6.45, 7) is 5.82. The van der Waals surface area contributed by atoms with Gasteiger partial charge in [0.1, 0.15) is 5.76 Å². The summed E-state index contributed by atoms with van der Waals surface area (Å²) >= 11 is 12.4. The Morgan fingerprint density at radius 3 is 2.39 bits per heavy atom. The summed E-state index contributed by atoms with van der Waals surface area (Å²) in [6.07, 6.45) is 0. The van der Waals surface area contributed by atoms with Gasteiger partial charge in [-0.15, -0.1) is 0 Å². The van der Waals surface area contributed by atoms with Gasteiger partial charge in [-0.25, -0.2) is 4.79 Å². The number of rotatable bonds is 3. The zero-order chi connectivity index (χ0) is 22.1. The number of aryl methyl sites for hydroxylation is 2. The average molecular weight is 462 g/mol. The molecule has 1 aromatic heterocycles. The van der Waals surface area contributed by atoms with E-state index in [1.54, 1.807) is 29.2 Å². The minimum Gasteiger partial charge on any atom is -0.459 e. The molecule has 0 unspecified atom stereocenters. The van der Waals surface area contributed by atoms with Crippen molar-refractivity contribution >= 4 is 57.5 Å². The molecule has 9 heteroatoms. The standard InChI is InChI=1S/C22H21Cl2N3O4/c1-12-13(2)31-20-15(12)10-14(25-22(29)27-6-8-30-9-7-27)11-18(20)26-21(28)19-16(23)4-3-5-17(19)24/h3-5,10-11H,6-9H2,1-2H3,(H,25,29)(H,26,28). The maximum Gasteiger partial charge on any atom is 0.322 e. The summed E-state index contributed by atoms with van der Waals surface area (Å²) in [4.78, 5) is 27.3. The Kier molecular flexibility index (Phi) is 6.09. The lowest BCUT2D eigenvalue weighted by Gasteiger charge is -2.27. The lowest BCUT2D eigenvalue weighted by Crippen LogP contribution is -2.43. The largest absolute Gasteiger partial charge is 0.459 e. The van der Waals surface area contributed by atoms with E-state index < -0.39 is 5.91 Å². The van der Waals surface area contributed by atoms with Crippen molar-refractivity contribution in [3.8, 4) is 0 Å². The van der Waals surface area contributed by atoms with Gasteiger partial charge in [0.05, 0.1) is 34.5 Å². The number of halogens is 2. The van der Waals surface area contributed by atoms with Crippen LogP contribution in [0.5, 0.6) is 0 Å². The first-order valence-corrected chi connectivity index (χ1v) is 10.5. The van der Waals surface area contributed by atoms with E-state index in [4.69, 9.17) is 32.4 Å². The van der Waals surface area contributed by atoms with Crippen LogP contribution in [0.25, 0.3) is 11.0 Å². The number of amides is 3. The number of anilines is 2. The van der Waals surface area contributed by atoms with Gasteiger partial charge < -0.3 is 24.7 Å². The van der Waals surface area contributed by atoms with Crippen molar-refractivity contribution in [3.05, 3.63) is 57.3 Å². The van der Waals surface area contributed by atoms with Gasteiger partial charge in [-0.05, 0) is 43.7 Å². The van der Waals surface area contributed by atoms with Crippen LogP contribution in [0.1, 0.15) is 21.7 Å². The summed E-state index contributed by atoms with van der Waals surface area (Å²) in [6, 6.07) is 8.12. The highest BCUT2D eigenvalue weighted by Crippen LogP contribution is 2.35. The lowest BCUT2D eigenvalue weighted by molar-refractivity contribution is 0.0564. The van der Waals surface area contributed by atoms with Gasteiger partial charge in [0.25, 0.3) is 5.91 Å². The molecule has 1 aliphatic heterocycles. The number of urea groups is 1. The Morgan fingerprint density at radius 1 is 1.03 bits per heavy atom. The number of carbonyl (C=O) groups excluding carboxylic acids is 2. The molecule has 0 saturated carbocycles. The first kappa shape index (κ1) is 21.5. The molecule has 31 heavy (non-hydrogen) atoms. The topological polar surface area (TPSA) is 83.8 Å².